The van der Waals surface area contributed by atoms with Crippen molar-refractivity contribution in [1.29, 1.82) is 0 Å². The van der Waals surface area contributed by atoms with Crippen LogP contribution in [0, 0.1) is 5.41 Å². The van der Waals surface area contributed by atoms with Gasteiger partial charge in [-0.15, -0.1) is 0 Å². The summed E-state index contributed by atoms with van der Waals surface area (Å²) in [4.78, 5) is 2.54. The molecule has 0 amide bonds. The van der Waals surface area contributed by atoms with Crippen molar-refractivity contribution in [2.75, 3.05) is 19.6 Å². The maximum absolute atomic E-state index is 8.40. The van der Waals surface area contributed by atoms with Crippen LogP contribution in [-0.4, -0.2) is 35.6 Å². The zero-order valence-electron chi connectivity index (χ0n) is 10.6. The van der Waals surface area contributed by atoms with Gasteiger partial charge in [-0.2, -0.15) is 0 Å². The molecule has 1 heterocycles. The minimum absolute atomic E-state index is 0.346. The van der Waals surface area contributed by atoms with E-state index in [9.17, 15) is 0 Å². The van der Waals surface area contributed by atoms with Crippen LogP contribution in [0.25, 0.3) is 0 Å². The Morgan fingerprint density at radius 2 is 2.19 bits per heavy atom. The summed E-state index contributed by atoms with van der Waals surface area (Å²) in [7, 11) is 0. The van der Waals surface area contributed by atoms with Crippen molar-refractivity contribution in [2.24, 2.45) is 16.3 Å². The summed E-state index contributed by atoms with van der Waals surface area (Å²) in [6.45, 7) is 8.26. The number of rotatable bonds is 5. The molecule has 1 rings (SSSR count). The van der Waals surface area contributed by atoms with Crippen molar-refractivity contribution >= 4 is 5.84 Å². The van der Waals surface area contributed by atoms with Gasteiger partial charge >= 0.3 is 0 Å². The molecule has 1 aliphatic heterocycles. The van der Waals surface area contributed by atoms with Gasteiger partial charge in [0.2, 0.25) is 0 Å². The first-order valence-corrected chi connectivity index (χ1v) is 6.22. The van der Waals surface area contributed by atoms with E-state index in [1.54, 1.807) is 0 Å². The van der Waals surface area contributed by atoms with Gasteiger partial charge in [-0.25, -0.2) is 0 Å². The average Bonchev–Trinajstić information content (AvgIpc) is 2.22. The van der Waals surface area contributed by atoms with Crippen molar-refractivity contribution in [3.8, 4) is 0 Å². The number of oxime groups is 1. The third kappa shape index (κ3) is 4.84. The van der Waals surface area contributed by atoms with Gasteiger partial charge in [-0.05, 0) is 44.2 Å². The van der Waals surface area contributed by atoms with E-state index < -0.39 is 0 Å². The summed E-state index contributed by atoms with van der Waals surface area (Å²) in [5.74, 6) is 0.346. The van der Waals surface area contributed by atoms with Gasteiger partial charge in [0.1, 0.15) is 5.84 Å². The number of nitrogens with two attached hydrogens (primary N) is 1. The van der Waals surface area contributed by atoms with E-state index in [0.29, 0.717) is 17.7 Å². The molecular formula is C12H25N3O. The highest BCUT2D eigenvalue weighted by Crippen LogP contribution is 2.28. The Morgan fingerprint density at radius 3 is 2.81 bits per heavy atom. The molecule has 1 saturated heterocycles. The molecule has 1 aliphatic rings. The largest absolute Gasteiger partial charge is 0.409 e. The molecule has 0 aliphatic carbocycles. The molecule has 0 aromatic rings. The highest BCUT2D eigenvalue weighted by Gasteiger charge is 2.25. The number of piperidine rings is 1. The van der Waals surface area contributed by atoms with Crippen molar-refractivity contribution < 1.29 is 5.21 Å². The van der Waals surface area contributed by atoms with Crippen molar-refractivity contribution in [1.82, 2.24) is 4.90 Å². The van der Waals surface area contributed by atoms with E-state index in [-0.39, 0.29) is 0 Å². The summed E-state index contributed by atoms with van der Waals surface area (Å²) in [6, 6.07) is 0. The van der Waals surface area contributed by atoms with Gasteiger partial charge < -0.3 is 15.8 Å². The minimum atomic E-state index is 0.346. The first-order valence-electron chi connectivity index (χ1n) is 6.22. The lowest BCUT2D eigenvalue weighted by Crippen LogP contribution is -2.40. The number of hydrogen-bond donors (Lipinski definition) is 2. The summed E-state index contributed by atoms with van der Waals surface area (Å²) in [5, 5.41) is 11.4. The average molecular weight is 227 g/mol. The Kier molecular flexibility index (Phi) is 5.06. The van der Waals surface area contributed by atoms with Gasteiger partial charge in [0.05, 0.1) is 0 Å². The third-order valence-electron chi connectivity index (χ3n) is 3.27. The molecule has 0 spiro atoms. The van der Waals surface area contributed by atoms with Crippen LogP contribution in [0.4, 0.5) is 0 Å². The smallest absolute Gasteiger partial charge is 0.139 e. The Hall–Kier alpha value is -0.770. The molecule has 0 aromatic heterocycles. The summed E-state index contributed by atoms with van der Waals surface area (Å²) in [6.07, 6.45) is 5.49. The summed E-state index contributed by atoms with van der Waals surface area (Å²) < 4.78 is 0. The second kappa shape index (κ2) is 6.09. The van der Waals surface area contributed by atoms with E-state index in [2.05, 4.69) is 23.9 Å². The second-order valence-electron chi connectivity index (χ2n) is 5.59. The fraction of sp³-hybridized carbons (Fsp3) is 0.917. The van der Waals surface area contributed by atoms with Gasteiger partial charge in [0, 0.05) is 13.0 Å². The Balaban J connectivity index is 2.13. The van der Waals surface area contributed by atoms with E-state index in [0.717, 1.165) is 19.4 Å². The Labute approximate surface area is 98.5 Å². The minimum Gasteiger partial charge on any atom is -0.409 e. The van der Waals surface area contributed by atoms with Crippen molar-refractivity contribution in [3.05, 3.63) is 0 Å². The van der Waals surface area contributed by atoms with Crippen molar-refractivity contribution in [3.63, 3.8) is 0 Å². The zero-order valence-corrected chi connectivity index (χ0v) is 10.6. The van der Waals surface area contributed by atoms with Crippen LogP contribution in [0.5, 0.6) is 0 Å². The van der Waals surface area contributed by atoms with Crippen LogP contribution in [0.1, 0.15) is 46.0 Å². The van der Waals surface area contributed by atoms with E-state index in [4.69, 9.17) is 10.9 Å². The molecule has 94 valence electrons. The predicted octanol–water partition coefficient (Wildman–Crippen LogP) is 2.03. The van der Waals surface area contributed by atoms with E-state index >= 15 is 0 Å². The molecule has 0 unspecified atom stereocenters. The monoisotopic (exact) mass is 227 g/mol. The highest BCUT2D eigenvalue weighted by molar-refractivity contribution is 5.79. The van der Waals surface area contributed by atoms with E-state index in [1.165, 1.54) is 25.9 Å². The molecule has 1 fully saturated rings. The van der Waals surface area contributed by atoms with Crippen LogP contribution in [0.3, 0.4) is 0 Å². The van der Waals surface area contributed by atoms with Crippen LogP contribution < -0.4 is 5.73 Å². The number of unbranched alkanes of at least 4 members (excludes halogenated alkanes) is 1. The number of nitrogens with zero attached hydrogens (tertiary/aromatic N) is 2. The second-order valence-corrected chi connectivity index (χ2v) is 5.59. The summed E-state index contributed by atoms with van der Waals surface area (Å²) in [5.41, 5.74) is 5.90. The fourth-order valence-corrected chi connectivity index (χ4v) is 2.43. The van der Waals surface area contributed by atoms with Crippen LogP contribution in [0.2, 0.25) is 0 Å². The highest BCUT2D eigenvalue weighted by atomic mass is 16.4. The quantitative estimate of drug-likeness (QED) is 0.248. The lowest BCUT2D eigenvalue weighted by Gasteiger charge is -2.38. The zero-order chi connectivity index (χ0) is 12.0. The molecule has 0 aromatic carbocycles. The standard InChI is InChI=1S/C12H25N3O/c1-12(2)7-5-9-15(10-12)8-4-3-6-11(13)14-16/h16H,3-10H2,1-2H3,(H2,13,14). The van der Waals surface area contributed by atoms with Gasteiger partial charge in [-0.1, -0.05) is 19.0 Å². The SMILES string of the molecule is CC1(C)CCCN(CCCCC(N)=NO)C1. The lowest BCUT2D eigenvalue weighted by molar-refractivity contribution is 0.116. The van der Waals surface area contributed by atoms with Gasteiger partial charge in [0.25, 0.3) is 0 Å². The third-order valence-corrected chi connectivity index (χ3v) is 3.27. The Morgan fingerprint density at radius 1 is 1.44 bits per heavy atom. The molecule has 0 radical (unpaired) electrons. The maximum atomic E-state index is 8.40. The van der Waals surface area contributed by atoms with Crippen LogP contribution >= 0.6 is 0 Å². The predicted molar refractivity (Wildman–Crippen MR) is 66.7 cm³/mol. The normalized spacial score (nSPS) is 22.2. The molecule has 0 saturated carbocycles. The van der Waals surface area contributed by atoms with Crippen LogP contribution in [-0.2, 0) is 0 Å². The molecule has 4 nitrogen and oxygen atoms in total. The van der Waals surface area contributed by atoms with Crippen molar-refractivity contribution in [2.45, 2.75) is 46.0 Å². The molecule has 0 atom stereocenters. The van der Waals surface area contributed by atoms with Gasteiger partial charge in [-0.3, -0.25) is 0 Å². The first kappa shape index (κ1) is 13.3. The summed E-state index contributed by atoms with van der Waals surface area (Å²) >= 11 is 0. The van der Waals surface area contributed by atoms with Gasteiger partial charge in [0.15, 0.2) is 0 Å². The Bertz CT molecular complexity index is 238. The lowest BCUT2D eigenvalue weighted by atomic mass is 9.84. The molecule has 4 heteroatoms. The molecular weight excluding hydrogens is 202 g/mol. The van der Waals surface area contributed by atoms with Crippen LogP contribution in [0.15, 0.2) is 5.16 Å². The number of amidine groups is 1. The maximum Gasteiger partial charge on any atom is 0.139 e. The molecule has 0 bridgehead atoms. The topological polar surface area (TPSA) is 61.8 Å². The molecule has 3 N–H and O–H groups in total. The number of likely N-dealkylation sites (tertiary alicyclic amines) is 1. The number of hydrogen-bond acceptors (Lipinski definition) is 3. The van der Waals surface area contributed by atoms with E-state index in [1.807, 2.05) is 0 Å². The first-order chi connectivity index (χ1) is 7.53. The fourth-order valence-electron chi connectivity index (χ4n) is 2.43. The molecule has 16 heavy (non-hydrogen) atoms.